The van der Waals surface area contributed by atoms with Crippen molar-refractivity contribution < 1.29 is 9.90 Å². The van der Waals surface area contributed by atoms with Crippen LogP contribution in [0.1, 0.15) is 31.9 Å². The summed E-state index contributed by atoms with van der Waals surface area (Å²) >= 11 is 0. The quantitative estimate of drug-likeness (QED) is 0.900. The molecule has 1 atom stereocenters. The number of fused-ring (bicyclic) bond motifs is 1. The van der Waals surface area contributed by atoms with Crippen molar-refractivity contribution in [3.8, 4) is 0 Å². The summed E-state index contributed by atoms with van der Waals surface area (Å²) in [5, 5.41) is 9.94. The SMILES string of the molecule is CC(C)(C)c1ccc2nccc(CC(N)C(=O)O)c2c1. The maximum atomic E-state index is 10.9. The summed E-state index contributed by atoms with van der Waals surface area (Å²) in [7, 11) is 0. The van der Waals surface area contributed by atoms with E-state index in [-0.39, 0.29) is 5.41 Å². The summed E-state index contributed by atoms with van der Waals surface area (Å²) in [5.41, 5.74) is 8.67. The summed E-state index contributed by atoms with van der Waals surface area (Å²) in [6, 6.07) is 7.09. The van der Waals surface area contributed by atoms with Gasteiger partial charge in [0.05, 0.1) is 5.52 Å². The van der Waals surface area contributed by atoms with Gasteiger partial charge in [0, 0.05) is 11.6 Å². The second-order valence-electron chi connectivity index (χ2n) is 6.10. The zero-order valence-electron chi connectivity index (χ0n) is 12.1. The number of aromatic nitrogens is 1. The van der Waals surface area contributed by atoms with Crippen LogP contribution in [0.25, 0.3) is 10.9 Å². The highest BCUT2D eigenvalue weighted by Crippen LogP contribution is 2.27. The fraction of sp³-hybridized carbons (Fsp3) is 0.375. The molecule has 4 heteroatoms. The Balaban J connectivity index is 2.52. The molecule has 0 spiro atoms. The van der Waals surface area contributed by atoms with Gasteiger partial charge in [0.25, 0.3) is 0 Å². The molecule has 1 aromatic heterocycles. The molecule has 0 saturated heterocycles. The number of carboxylic acid groups (broad SMARTS) is 1. The maximum Gasteiger partial charge on any atom is 0.320 e. The minimum absolute atomic E-state index is 0.0379. The molecule has 0 bridgehead atoms. The molecule has 20 heavy (non-hydrogen) atoms. The van der Waals surface area contributed by atoms with Crippen molar-refractivity contribution in [2.75, 3.05) is 0 Å². The molecule has 0 aliphatic rings. The zero-order chi connectivity index (χ0) is 14.9. The lowest BCUT2D eigenvalue weighted by molar-refractivity contribution is -0.138. The molecular weight excluding hydrogens is 252 g/mol. The Hall–Kier alpha value is -1.94. The third-order valence-electron chi connectivity index (χ3n) is 3.45. The van der Waals surface area contributed by atoms with E-state index in [1.54, 1.807) is 6.20 Å². The summed E-state index contributed by atoms with van der Waals surface area (Å²) in [5.74, 6) is -0.984. The number of carboxylic acids is 1. The highest BCUT2D eigenvalue weighted by Gasteiger charge is 2.17. The van der Waals surface area contributed by atoms with Crippen LogP contribution < -0.4 is 5.73 Å². The second kappa shape index (κ2) is 5.21. The van der Waals surface area contributed by atoms with Crippen molar-refractivity contribution in [2.45, 2.75) is 38.6 Å². The number of nitrogens with two attached hydrogens (primary N) is 1. The topological polar surface area (TPSA) is 76.2 Å². The van der Waals surface area contributed by atoms with Gasteiger partial charge in [0.1, 0.15) is 6.04 Å². The van der Waals surface area contributed by atoms with E-state index in [0.29, 0.717) is 6.42 Å². The Bertz CT molecular complexity index is 644. The third-order valence-corrected chi connectivity index (χ3v) is 3.45. The van der Waals surface area contributed by atoms with E-state index in [9.17, 15) is 4.79 Å². The Morgan fingerprint density at radius 2 is 2.05 bits per heavy atom. The van der Waals surface area contributed by atoms with Crippen LogP contribution in [0.4, 0.5) is 0 Å². The zero-order valence-corrected chi connectivity index (χ0v) is 12.1. The molecule has 2 aromatic rings. The molecule has 0 aliphatic carbocycles. The van der Waals surface area contributed by atoms with Crippen molar-refractivity contribution >= 4 is 16.9 Å². The van der Waals surface area contributed by atoms with E-state index in [1.807, 2.05) is 12.1 Å². The number of rotatable bonds is 3. The van der Waals surface area contributed by atoms with Crippen LogP contribution in [0.3, 0.4) is 0 Å². The fourth-order valence-corrected chi connectivity index (χ4v) is 2.17. The molecule has 2 rings (SSSR count). The Morgan fingerprint density at radius 3 is 2.65 bits per heavy atom. The first-order valence-electron chi connectivity index (χ1n) is 6.65. The van der Waals surface area contributed by atoms with E-state index in [0.717, 1.165) is 16.5 Å². The molecule has 0 fully saturated rings. The molecular formula is C16H20N2O2. The van der Waals surface area contributed by atoms with Gasteiger partial charge >= 0.3 is 5.97 Å². The van der Waals surface area contributed by atoms with Crippen molar-refractivity contribution in [1.82, 2.24) is 4.98 Å². The first-order chi connectivity index (χ1) is 9.29. The second-order valence-corrected chi connectivity index (χ2v) is 6.10. The normalized spacial score (nSPS) is 13.4. The van der Waals surface area contributed by atoms with E-state index in [1.165, 1.54) is 5.56 Å². The predicted molar refractivity (Wildman–Crippen MR) is 79.8 cm³/mol. The standard InChI is InChI=1S/C16H20N2O2/c1-16(2,3)11-4-5-14-12(9-11)10(6-7-18-14)8-13(17)15(19)20/h4-7,9,13H,8,17H2,1-3H3,(H,19,20). The van der Waals surface area contributed by atoms with Crippen molar-refractivity contribution in [3.05, 3.63) is 41.6 Å². The number of aliphatic carboxylic acids is 1. The average molecular weight is 272 g/mol. The van der Waals surface area contributed by atoms with Gasteiger partial charge in [-0.3, -0.25) is 9.78 Å². The van der Waals surface area contributed by atoms with E-state index >= 15 is 0 Å². The summed E-state index contributed by atoms with van der Waals surface area (Å²) in [4.78, 5) is 15.3. The van der Waals surface area contributed by atoms with Gasteiger partial charge in [-0.1, -0.05) is 26.8 Å². The van der Waals surface area contributed by atoms with E-state index < -0.39 is 12.0 Å². The first-order valence-corrected chi connectivity index (χ1v) is 6.65. The lowest BCUT2D eigenvalue weighted by atomic mass is 9.85. The molecule has 3 N–H and O–H groups in total. The molecule has 106 valence electrons. The van der Waals surface area contributed by atoms with Crippen LogP contribution >= 0.6 is 0 Å². The molecule has 0 aliphatic heterocycles. The first kappa shape index (κ1) is 14.5. The number of carbonyl (C=O) groups is 1. The molecule has 4 nitrogen and oxygen atoms in total. The molecule has 0 saturated carbocycles. The molecule has 0 radical (unpaired) electrons. The van der Waals surface area contributed by atoms with Gasteiger partial charge in [0.2, 0.25) is 0 Å². The van der Waals surface area contributed by atoms with Gasteiger partial charge in [-0.25, -0.2) is 0 Å². The van der Waals surface area contributed by atoms with Crippen LogP contribution in [0.15, 0.2) is 30.5 Å². The summed E-state index contributed by atoms with van der Waals surface area (Å²) < 4.78 is 0. The summed E-state index contributed by atoms with van der Waals surface area (Å²) in [6.07, 6.45) is 2.00. The van der Waals surface area contributed by atoms with Crippen molar-refractivity contribution in [2.24, 2.45) is 5.73 Å². The highest BCUT2D eigenvalue weighted by atomic mass is 16.4. The third kappa shape index (κ3) is 2.96. The number of benzene rings is 1. The van der Waals surface area contributed by atoms with Gasteiger partial charge in [-0.05, 0) is 41.2 Å². The smallest absolute Gasteiger partial charge is 0.320 e. The lowest BCUT2D eigenvalue weighted by Crippen LogP contribution is -2.32. The fourth-order valence-electron chi connectivity index (χ4n) is 2.17. The van der Waals surface area contributed by atoms with Crippen LogP contribution in [0, 0.1) is 0 Å². The minimum atomic E-state index is -0.984. The number of hydrogen-bond donors (Lipinski definition) is 2. The number of pyridine rings is 1. The lowest BCUT2D eigenvalue weighted by Gasteiger charge is -2.20. The van der Waals surface area contributed by atoms with Gasteiger partial charge in [-0.15, -0.1) is 0 Å². The number of nitrogens with zero attached hydrogens (tertiary/aromatic N) is 1. The van der Waals surface area contributed by atoms with Crippen LogP contribution in [0.5, 0.6) is 0 Å². The average Bonchev–Trinajstić information content (AvgIpc) is 2.37. The number of hydrogen-bond acceptors (Lipinski definition) is 3. The van der Waals surface area contributed by atoms with Gasteiger partial charge in [-0.2, -0.15) is 0 Å². The van der Waals surface area contributed by atoms with Crippen molar-refractivity contribution in [3.63, 3.8) is 0 Å². The van der Waals surface area contributed by atoms with Gasteiger partial charge < -0.3 is 10.8 Å². The van der Waals surface area contributed by atoms with Crippen molar-refractivity contribution in [1.29, 1.82) is 0 Å². The van der Waals surface area contributed by atoms with Gasteiger partial charge in [0.15, 0.2) is 0 Å². The predicted octanol–water partition coefficient (Wildman–Crippen LogP) is 2.49. The Kier molecular flexibility index (Phi) is 3.77. The Morgan fingerprint density at radius 1 is 1.35 bits per heavy atom. The summed E-state index contributed by atoms with van der Waals surface area (Å²) in [6.45, 7) is 6.44. The monoisotopic (exact) mass is 272 g/mol. The maximum absolute atomic E-state index is 10.9. The van der Waals surface area contributed by atoms with E-state index in [4.69, 9.17) is 10.8 Å². The molecule has 1 unspecified atom stereocenters. The largest absolute Gasteiger partial charge is 0.480 e. The molecule has 1 aromatic carbocycles. The van der Waals surface area contributed by atoms with Crippen LogP contribution in [-0.2, 0) is 16.6 Å². The minimum Gasteiger partial charge on any atom is -0.480 e. The van der Waals surface area contributed by atoms with E-state index in [2.05, 4.69) is 37.9 Å². The molecule has 0 amide bonds. The highest BCUT2D eigenvalue weighted by molar-refractivity contribution is 5.84. The van der Waals surface area contributed by atoms with Crippen LogP contribution in [0.2, 0.25) is 0 Å². The van der Waals surface area contributed by atoms with Crippen LogP contribution in [-0.4, -0.2) is 22.1 Å². The molecule has 1 heterocycles. The Labute approximate surface area is 118 Å².